The van der Waals surface area contributed by atoms with Gasteiger partial charge in [-0.2, -0.15) is 0 Å². The first-order valence-corrected chi connectivity index (χ1v) is 9.81. The molecule has 0 bridgehead atoms. The van der Waals surface area contributed by atoms with Gasteiger partial charge in [0.05, 0.1) is 6.54 Å². The van der Waals surface area contributed by atoms with E-state index in [9.17, 15) is 9.59 Å². The molecule has 1 aliphatic heterocycles. The van der Waals surface area contributed by atoms with Crippen molar-refractivity contribution >= 4 is 23.2 Å². The highest BCUT2D eigenvalue weighted by molar-refractivity contribution is 5.98. The summed E-state index contributed by atoms with van der Waals surface area (Å²) < 4.78 is 5.56. The number of nitrogens with zero attached hydrogens (tertiary/aromatic N) is 1. The molecule has 6 heteroatoms. The van der Waals surface area contributed by atoms with Crippen LogP contribution in [0.2, 0.25) is 0 Å². The summed E-state index contributed by atoms with van der Waals surface area (Å²) in [7, 11) is 0. The predicted octanol–water partition coefficient (Wildman–Crippen LogP) is 3.93. The number of hydrogen-bond acceptors (Lipinski definition) is 4. The molecular weight excluding hydrogens is 366 g/mol. The fraction of sp³-hybridized carbons (Fsp3) is 0.304. The summed E-state index contributed by atoms with van der Waals surface area (Å²) in [4.78, 5) is 26.6. The Labute approximate surface area is 171 Å². The third-order valence-electron chi connectivity index (χ3n) is 4.58. The van der Waals surface area contributed by atoms with Crippen molar-refractivity contribution in [2.24, 2.45) is 0 Å². The summed E-state index contributed by atoms with van der Waals surface area (Å²) in [6.45, 7) is 7.92. The third-order valence-corrected chi connectivity index (χ3v) is 4.58. The van der Waals surface area contributed by atoms with Crippen molar-refractivity contribution in [1.29, 1.82) is 0 Å². The van der Waals surface area contributed by atoms with Gasteiger partial charge in [-0.1, -0.05) is 12.6 Å². The highest BCUT2D eigenvalue weighted by atomic mass is 16.5. The van der Waals surface area contributed by atoms with Crippen LogP contribution in [-0.2, 0) is 4.79 Å². The Hall–Kier alpha value is -3.28. The molecule has 2 aromatic rings. The number of hydrogen-bond donors (Lipinski definition) is 2. The van der Waals surface area contributed by atoms with Gasteiger partial charge in [-0.3, -0.25) is 9.59 Å². The van der Waals surface area contributed by atoms with Crippen molar-refractivity contribution in [2.45, 2.75) is 19.8 Å². The molecule has 1 heterocycles. The van der Waals surface area contributed by atoms with Crippen molar-refractivity contribution in [1.82, 2.24) is 4.90 Å². The van der Waals surface area contributed by atoms with Gasteiger partial charge < -0.3 is 20.3 Å². The summed E-state index contributed by atoms with van der Waals surface area (Å²) in [5.41, 5.74) is 2.99. The van der Waals surface area contributed by atoms with E-state index in [1.54, 1.807) is 24.3 Å². The Bertz CT molecular complexity index is 871. The molecular formula is C23H27N3O3. The topological polar surface area (TPSA) is 70.7 Å². The van der Waals surface area contributed by atoms with Crippen LogP contribution >= 0.6 is 0 Å². The fourth-order valence-corrected chi connectivity index (χ4v) is 3.10. The molecule has 0 aliphatic carbocycles. The molecule has 1 fully saturated rings. The Morgan fingerprint density at radius 2 is 1.79 bits per heavy atom. The molecule has 1 saturated heterocycles. The molecule has 3 rings (SSSR count). The molecule has 29 heavy (non-hydrogen) atoms. The van der Waals surface area contributed by atoms with Crippen LogP contribution in [0.3, 0.4) is 0 Å². The lowest BCUT2D eigenvalue weighted by Crippen LogP contribution is -2.27. The number of rotatable bonds is 8. The second-order valence-corrected chi connectivity index (χ2v) is 7.25. The number of benzene rings is 2. The minimum absolute atomic E-state index is 0.0191. The van der Waals surface area contributed by atoms with Gasteiger partial charge in [0.15, 0.2) is 0 Å². The van der Waals surface area contributed by atoms with Gasteiger partial charge >= 0.3 is 0 Å². The van der Waals surface area contributed by atoms with Gasteiger partial charge in [0.2, 0.25) is 5.91 Å². The molecule has 0 saturated carbocycles. The van der Waals surface area contributed by atoms with E-state index < -0.39 is 0 Å². The number of nitrogens with one attached hydrogen (secondary N) is 2. The smallest absolute Gasteiger partial charge is 0.253 e. The molecule has 0 aromatic heterocycles. The van der Waals surface area contributed by atoms with E-state index in [4.69, 9.17) is 4.74 Å². The first kappa shape index (κ1) is 20.5. The number of ether oxygens (including phenoxy) is 1. The van der Waals surface area contributed by atoms with Crippen LogP contribution in [0, 0.1) is 0 Å². The Balaban J connectivity index is 1.50. The molecule has 2 N–H and O–H groups in total. The average Bonchev–Trinajstić information content (AvgIpc) is 3.26. The standard InChI is InChI=1S/C23H27N3O3/c1-17(2)16-29-21-10-8-19(9-11-21)24-15-22(27)25-20-7-5-6-18(14-20)23(28)26-12-3-4-13-26/h5-11,14,24H,1,3-4,12-13,15-16H2,2H3,(H,25,27). The molecule has 0 atom stereocenters. The van der Waals surface area contributed by atoms with Crippen LogP contribution in [0.5, 0.6) is 5.75 Å². The van der Waals surface area contributed by atoms with E-state index in [1.807, 2.05) is 36.1 Å². The van der Waals surface area contributed by atoms with Crippen LogP contribution < -0.4 is 15.4 Å². The average molecular weight is 393 g/mol. The molecule has 1 aliphatic rings. The molecule has 0 spiro atoms. The summed E-state index contributed by atoms with van der Waals surface area (Å²) in [5, 5.41) is 5.91. The van der Waals surface area contributed by atoms with Gasteiger partial charge in [-0.25, -0.2) is 0 Å². The maximum absolute atomic E-state index is 12.5. The normalized spacial score (nSPS) is 13.1. The summed E-state index contributed by atoms with van der Waals surface area (Å²) in [6.07, 6.45) is 2.10. The van der Waals surface area contributed by atoms with E-state index in [2.05, 4.69) is 17.2 Å². The third kappa shape index (κ3) is 6.10. The number of carbonyl (C=O) groups excluding carboxylic acids is 2. The van der Waals surface area contributed by atoms with Crippen molar-refractivity contribution in [3.05, 3.63) is 66.2 Å². The number of carbonyl (C=O) groups is 2. The zero-order valence-electron chi connectivity index (χ0n) is 16.7. The predicted molar refractivity (Wildman–Crippen MR) is 115 cm³/mol. The molecule has 0 unspecified atom stereocenters. The molecule has 2 aromatic carbocycles. The lowest BCUT2D eigenvalue weighted by atomic mass is 10.1. The van der Waals surface area contributed by atoms with Crippen molar-refractivity contribution < 1.29 is 14.3 Å². The van der Waals surface area contributed by atoms with Gasteiger partial charge in [0, 0.05) is 30.0 Å². The largest absolute Gasteiger partial charge is 0.489 e. The van der Waals surface area contributed by atoms with Crippen LogP contribution in [-0.4, -0.2) is 43.0 Å². The Morgan fingerprint density at radius 1 is 1.07 bits per heavy atom. The fourth-order valence-electron chi connectivity index (χ4n) is 3.10. The number of anilines is 2. The summed E-state index contributed by atoms with van der Waals surface area (Å²) in [6, 6.07) is 14.5. The lowest BCUT2D eigenvalue weighted by molar-refractivity contribution is -0.114. The van der Waals surface area contributed by atoms with Crippen molar-refractivity contribution in [3.63, 3.8) is 0 Å². The zero-order chi connectivity index (χ0) is 20.6. The van der Waals surface area contributed by atoms with Crippen LogP contribution in [0.25, 0.3) is 0 Å². The van der Waals surface area contributed by atoms with Crippen LogP contribution in [0.15, 0.2) is 60.7 Å². The quantitative estimate of drug-likeness (QED) is 0.667. The minimum Gasteiger partial charge on any atom is -0.489 e. The first-order valence-electron chi connectivity index (χ1n) is 9.81. The van der Waals surface area contributed by atoms with E-state index in [-0.39, 0.29) is 18.4 Å². The molecule has 6 nitrogen and oxygen atoms in total. The second kappa shape index (κ2) is 9.78. The zero-order valence-corrected chi connectivity index (χ0v) is 16.7. The maximum atomic E-state index is 12.5. The highest BCUT2D eigenvalue weighted by Gasteiger charge is 2.19. The van der Waals surface area contributed by atoms with Crippen molar-refractivity contribution in [3.8, 4) is 5.75 Å². The van der Waals surface area contributed by atoms with Gasteiger partial charge in [0.25, 0.3) is 5.91 Å². The first-order chi connectivity index (χ1) is 14.0. The van der Waals surface area contributed by atoms with E-state index in [1.165, 1.54) is 0 Å². The Morgan fingerprint density at radius 3 is 2.48 bits per heavy atom. The monoisotopic (exact) mass is 393 g/mol. The van der Waals surface area contributed by atoms with Crippen LogP contribution in [0.1, 0.15) is 30.1 Å². The summed E-state index contributed by atoms with van der Waals surface area (Å²) in [5.74, 6) is 0.589. The van der Waals surface area contributed by atoms with Gasteiger partial charge in [-0.15, -0.1) is 0 Å². The van der Waals surface area contributed by atoms with E-state index in [0.717, 1.165) is 42.9 Å². The minimum atomic E-state index is -0.182. The lowest BCUT2D eigenvalue weighted by Gasteiger charge is -2.16. The SMILES string of the molecule is C=C(C)COc1ccc(NCC(=O)Nc2cccc(C(=O)N3CCCC3)c2)cc1. The van der Waals surface area contributed by atoms with Gasteiger partial charge in [-0.05, 0) is 67.8 Å². The Kier molecular flexibility index (Phi) is 6.89. The van der Waals surface area contributed by atoms with Crippen LogP contribution in [0.4, 0.5) is 11.4 Å². The molecule has 0 radical (unpaired) electrons. The van der Waals surface area contributed by atoms with Crippen molar-refractivity contribution in [2.75, 3.05) is 36.9 Å². The van der Waals surface area contributed by atoms with Gasteiger partial charge in [0.1, 0.15) is 12.4 Å². The summed E-state index contributed by atoms with van der Waals surface area (Å²) >= 11 is 0. The maximum Gasteiger partial charge on any atom is 0.253 e. The van der Waals surface area contributed by atoms with E-state index in [0.29, 0.717) is 17.9 Å². The number of likely N-dealkylation sites (tertiary alicyclic amines) is 1. The molecule has 2 amide bonds. The highest BCUT2D eigenvalue weighted by Crippen LogP contribution is 2.18. The van der Waals surface area contributed by atoms with E-state index >= 15 is 0 Å². The molecule has 152 valence electrons. The second-order valence-electron chi connectivity index (χ2n) is 7.25. The number of amides is 2.